The summed E-state index contributed by atoms with van der Waals surface area (Å²) in [6.45, 7) is 0. The number of aryl methyl sites for hydroxylation is 1. The number of aromatic nitrogens is 2. The first-order valence-corrected chi connectivity index (χ1v) is 7.00. The van der Waals surface area contributed by atoms with Crippen LogP contribution in [0.3, 0.4) is 0 Å². The van der Waals surface area contributed by atoms with Crippen LogP contribution < -0.4 is 4.90 Å². The Kier molecular flexibility index (Phi) is 3.56. The fraction of sp³-hybridized carbons (Fsp3) is 0.312. The average molecular weight is 283 g/mol. The number of carbonyl (C=O) groups is 1. The maximum Gasteiger partial charge on any atom is 0.356 e. The monoisotopic (exact) mass is 283 g/mol. The summed E-state index contributed by atoms with van der Waals surface area (Å²) in [5.41, 5.74) is 2.78. The number of hydrogen-bond donors (Lipinski definition) is 1. The Labute approximate surface area is 123 Å². The van der Waals surface area contributed by atoms with Crippen LogP contribution in [0.25, 0.3) is 0 Å². The largest absolute Gasteiger partial charge is 0.476 e. The van der Waals surface area contributed by atoms with E-state index in [4.69, 9.17) is 5.11 Å². The first-order valence-electron chi connectivity index (χ1n) is 7.00. The van der Waals surface area contributed by atoms with E-state index in [1.165, 1.54) is 23.5 Å². The van der Waals surface area contributed by atoms with Gasteiger partial charge in [0.15, 0.2) is 5.69 Å². The standard InChI is InChI=1S/C16H17N3O2/c1-19(15-10-17-14(9-18-15)16(20)21)13-7-6-11-4-2-3-5-12(11)8-13/h2-5,9-10,13H,6-8H2,1H3,(H,20,21). The molecule has 0 saturated heterocycles. The van der Waals surface area contributed by atoms with Crippen molar-refractivity contribution >= 4 is 11.8 Å². The molecule has 0 radical (unpaired) electrons. The molecule has 1 aromatic heterocycles. The van der Waals surface area contributed by atoms with Gasteiger partial charge in [-0.25, -0.2) is 14.8 Å². The molecule has 1 aromatic carbocycles. The maximum atomic E-state index is 10.8. The van der Waals surface area contributed by atoms with Crippen LogP contribution in [-0.4, -0.2) is 34.1 Å². The number of rotatable bonds is 3. The number of benzene rings is 1. The number of hydrogen-bond acceptors (Lipinski definition) is 4. The smallest absolute Gasteiger partial charge is 0.356 e. The van der Waals surface area contributed by atoms with Crippen molar-refractivity contribution in [2.45, 2.75) is 25.3 Å². The van der Waals surface area contributed by atoms with E-state index in [2.05, 4.69) is 39.1 Å². The topological polar surface area (TPSA) is 66.3 Å². The first kappa shape index (κ1) is 13.5. The summed E-state index contributed by atoms with van der Waals surface area (Å²) in [4.78, 5) is 21.0. The van der Waals surface area contributed by atoms with Crippen molar-refractivity contribution in [3.8, 4) is 0 Å². The number of nitrogens with zero attached hydrogens (tertiary/aromatic N) is 3. The first-order chi connectivity index (χ1) is 10.1. The molecule has 0 bridgehead atoms. The molecule has 0 spiro atoms. The fourth-order valence-electron chi connectivity index (χ4n) is 2.81. The van der Waals surface area contributed by atoms with E-state index in [1.807, 2.05) is 7.05 Å². The van der Waals surface area contributed by atoms with Crippen LogP contribution >= 0.6 is 0 Å². The van der Waals surface area contributed by atoms with E-state index in [-0.39, 0.29) is 5.69 Å². The van der Waals surface area contributed by atoms with Crippen LogP contribution in [0.5, 0.6) is 0 Å². The van der Waals surface area contributed by atoms with Gasteiger partial charge in [0.1, 0.15) is 5.82 Å². The Bertz CT molecular complexity index is 655. The van der Waals surface area contributed by atoms with Crippen LogP contribution in [-0.2, 0) is 12.8 Å². The SMILES string of the molecule is CN(c1cnc(C(=O)O)cn1)C1CCc2ccccc2C1. The number of aromatic carboxylic acids is 1. The second-order valence-electron chi connectivity index (χ2n) is 5.34. The van der Waals surface area contributed by atoms with Gasteiger partial charge in [0, 0.05) is 13.1 Å². The summed E-state index contributed by atoms with van der Waals surface area (Å²) in [6.07, 6.45) is 5.95. The highest BCUT2D eigenvalue weighted by Gasteiger charge is 2.23. The molecule has 21 heavy (non-hydrogen) atoms. The number of likely N-dealkylation sites (N-methyl/N-ethyl adjacent to an activating group) is 1. The highest BCUT2D eigenvalue weighted by molar-refractivity contribution is 5.84. The minimum atomic E-state index is -1.05. The van der Waals surface area contributed by atoms with Crippen LogP contribution in [0.2, 0.25) is 0 Å². The Morgan fingerprint density at radius 2 is 2.00 bits per heavy atom. The van der Waals surface area contributed by atoms with Gasteiger partial charge in [-0.05, 0) is 30.4 Å². The molecule has 1 heterocycles. The molecular formula is C16H17N3O2. The molecule has 0 amide bonds. The quantitative estimate of drug-likeness (QED) is 0.935. The number of fused-ring (bicyclic) bond motifs is 1. The lowest BCUT2D eigenvalue weighted by atomic mass is 9.88. The fourth-order valence-corrected chi connectivity index (χ4v) is 2.81. The van der Waals surface area contributed by atoms with Crippen molar-refractivity contribution in [2.75, 3.05) is 11.9 Å². The van der Waals surface area contributed by atoms with Crippen molar-refractivity contribution in [1.29, 1.82) is 0 Å². The van der Waals surface area contributed by atoms with Gasteiger partial charge in [0.25, 0.3) is 0 Å². The second-order valence-corrected chi connectivity index (χ2v) is 5.34. The molecule has 1 atom stereocenters. The highest BCUT2D eigenvalue weighted by Crippen LogP contribution is 2.25. The van der Waals surface area contributed by atoms with E-state index in [9.17, 15) is 4.79 Å². The Morgan fingerprint density at radius 1 is 1.24 bits per heavy atom. The Hall–Kier alpha value is -2.43. The van der Waals surface area contributed by atoms with E-state index in [1.54, 1.807) is 0 Å². The van der Waals surface area contributed by atoms with Gasteiger partial charge in [0.05, 0.1) is 12.4 Å². The molecule has 0 aliphatic heterocycles. The van der Waals surface area contributed by atoms with E-state index >= 15 is 0 Å². The predicted octanol–water partition coefficient (Wildman–Crippen LogP) is 2.17. The van der Waals surface area contributed by atoms with Crippen LogP contribution in [0.15, 0.2) is 36.7 Å². The molecule has 3 rings (SSSR count). The van der Waals surface area contributed by atoms with Crippen molar-refractivity contribution in [3.63, 3.8) is 0 Å². The maximum absolute atomic E-state index is 10.8. The van der Waals surface area contributed by atoms with Gasteiger partial charge in [-0.2, -0.15) is 0 Å². The number of carboxylic acids is 1. The summed E-state index contributed by atoms with van der Waals surface area (Å²) in [5.74, 6) is -0.340. The minimum Gasteiger partial charge on any atom is -0.476 e. The van der Waals surface area contributed by atoms with E-state index in [0.717, 1.165) is 19.3 Å². The van der Waals surface area contributed by atoms with E-state index in [0.29, 0.717) is 11.9 Å². The summed E-state index contributed by atoms with van der Waals surface area (Å²) < 4.78 is 0. The highest BCUT2D eigenvalue weighted by atomic mass is 16.4. The zero-order valence-corrected chi connectivity index (χ0v) is 11.9. The van der Waals surface area contributed by atoms with E-state index < -0.39 is 5.97 Å². The Balaban J connectivity index is 1.77. The molecule has 1 aliphatic rings. The van der Waals surface area contributed by atoms with Crippen LogP contribution in [0.4, 0.5) is 5.82 Å². The summed E-state index contributed by atoms with van der Waals surface area (Å²) >= 11 is 0. The molecule has 5 heteroatoms. The van der Waals surface area contributed by atoms with Gasteiger partial charge in [0.2, 0.25) is 0 Å². The zero-order chi connectivity index (χ0) is 14.8. The molecule has 108 valence electrons. The van der Waals surface area contributed by atoms with Crippen molar-refractivity contribution < 1.29 is 9.90 Å². The number of anilines is 1. The molecule has 5 nitrogen and oxygen atoms in total. The normalized spacial score (nSPS) is 17.1. The van der Waals surface area contributed by atoms with Gasteiger partial charge in [-0.15, -0.1) is 0 Å². The second kappa shape index (κ2) is 5.52. The van der Waals surface area contributed by atoms with Gasteiger partial charge >= 0.3 is 5.97 Å². The summed E-state index contributed by atoms with van der Waals surface area (Å²) in [6, 6.07) is 8.88. The summed E-state index contributed by atoms with van der Waals surface area (Å²) in [5, 5.41) is 8.86. The average Bonchev–Trinajstić information content (AvgIpc) is 2.54. The lowest BCUT2D eigenvalue weighted by molar-refractivity contribution is 0.0690. The third-order valence-corrected chi connectivity index (χ3v) is 4.09. The van der Waals surface area contributed by atoms with Gasteiger partial charge in [-0.1, -0.05) is 24.3 Å². The molecular weight excluding hydrogens is 266 g/mol. The molecule has 1 aliphatic carbocycles. The Morgan fingerprint density at radius 3 is 2.67 bits per heavy atom. The minimum absolute atomic E-state index is 0.0267. The molecule has 1 N–H and O–H groups in total. The van der Waals surface area contributed by atoms with Crippen molar-refractivity contribution in [2.24, 2.45) is 0 Å². The zero-order valence-electron chi connectivity index (χ0n) is 11.9. The predicted molar refractivity (Wildman–Crippen MR) is 79.6 cm³/mol. The third kappa shape index (κ3) is 2.72. The molecule has 0 saturated carbocycles. The van der Waals surface area contributed by atoms with Gasteiger partial charge < -0.3 is 10.0 Å². The van der Waals surface area contributed by atoms with Crippen LogP contribution in [0.1, 0.15) is 28.0 Å². The summed E-state index contributed by atoms with van der Waals surface area (Å²) in [7, 11) is 1.99. The molecule has 0 fully saturated rings. The molecule has 2 aromatic rings. The lowest BCUT2D eigenvalue weighted by Gasteiger charge is -2.33. The van der Waals surface area contributed by atoms with Gasteiger partial charge in [-0.3, -0.25) is 0 Å². The lowest BCUT2D eigenvalue weighted by Crippen LogP contribution is -2.37. The number of carboxylic acid groups (broad SMARTS) is 1. The van der Waals surface area contributed by atoms with Crippen LogP contribution in [0, 0.1) is 0 Å². The third-order valence-electron chi connectivity index (χ3n) is 4.09. The van der Waals surface area contributed by atoms with Crippen molar-refractivity contribution in [3.05, 3.63) is 53.5 Å². The van der Waals surface area contributed by atoms with Crippen molar-refractivity contribution in [1.82, 2.24) is 9.97 Å². The molecule has 1 unspecified atom stereocenters.